The molecule has 0 unspecified atom stereocenters. The number of esters is 1. The highest BCUT2D eigenvalue weighted by atomic mass is 127. The number of halogens is 1. The van der Waals surface area contributed by atoms with Gasteiger partial charge in [-0.05, 0) is 44.8 Å². The largest absolute Gasteiger partial charge is 0.460 e. The van der Waals surface area contributed by atoms with Gasteiger partial charge in [-0.15, -0.1) is 0 Å². The van der Waals surface area contributed by atoms with Crippen LogP contribution in [0.4, 0.5) is 0 Å². The number of carbonyl (C=O) groups is 1. The van der Waals surface area contributed by atoms with Crippen molar-refractivity contribution in [2.45, 2.75) is 71.1 Å². The highest BCUT2D eigenvalue weighted by Gasteiger charge is 2.36. The molecule has 4 nitrogen and oxygen atoms in total. The summed E-state index contributed by atoms with van der Waals surface area (Å²) < 4.78 is 18.8. The number of ether oxygens (including phenoxy) is 3. The van der Waals surface area contributed by atoms with Crippen LogP contribution in [-0.2, 0) is 19.0 Å². The van der Waals surface area contributed by atoms with Gasteiger partial charge in [0, 0.05) is 6.42 Å². The van der Waals surface area contributed by atoms with Crippen LogP contribution in [0.5, 0.6) is 0 Å². The Morgan fingerprint density at radius 1 is 1.42 bits per heavy atom. The minimum atomic E-state index is -0.675. The Labute approximate surface area is 129 Å². The molecule has 1 aliphatic heterocycles. The van der Waals surface area contributed by atoms with Crippen molar-refractivity contribution >= 4 is 28.6 Å². The van der Waals surface area contributed by atoms with Crippen LogP contribution in [0.25, 0.3) is 0 Å². The third kappa shape index (κ3) is 6.72. The SMILES string of the molecule is CC(C)(C)OC(=O)C[C@H]1C[C@@H](/C=C/I)OC(C)(C)O1. The zero-order valence-electron chi connectivity index (χ0n) is 12.2. The van der Waals surface area contributed by atoms with Crippen molar-refractivity contribution in [1.29, 1.82) is 0 Å². The maximum atomic E-state index is 11.8. The molecule has 0 amide bonds. The molecule has 0 aromatic carbocycles. The third-order valence-electron chi connectivity index (χ3n) is 2.48. The number of hydrogen-bond donors (Lipinski definition) is 0. The molecule has 2 atom stereocenters. The molecule has 5 heteroatoms. The van der Waals surface area contributed by atoms with E-state index in [1.165, 1.54) is 0 Å². The van der Waals surface area contributed by atoms with Gasteiger partial charge in [-0.2, -0.15) is 0 Å². The molecule has 1 fully saturated rings. The van der Waals surface area contributed by atoms with Crippen LogP contribution in [0.2, 0.25) is 0 Å². The summed E-state index contributed by atoms with van der Waals surface area (Å²) in [6.07, 6.45) is 2.72. The van der Waals surface area contributed by atoms with Gasteiger partial charge in [0.05, 0.1) is 18.6 Å². The van der Waals surface area contributed by atoms with Crippen molar-refractivity contribution in [2.24, 2.45) is 0 Å². The Morgan fingerprint density at radius 2 is 2.05 bits per heavy atom. The fourth-order valence-electron chi connectivity index (χ4n) is 2.04. The van der Waals surface area contributed by atoms with Gasteiger partial charge in [0.2, 0.25) is 0 Å². The summed E-state index contributed by atoms with van der Waals surface area (Å²) in [5.41, 5.74) is -0.459. The normalized spacial score (nSPS) is 27.5. The third-order valence-corrected chi connectivity index (χ3v) is 2.90. The smallest absolute Gasteiger partial charge is 0.308 e. The van der Waals surface area contributed by atoms with Crippen LogP contribution in [-0.4, -0.2) is 29.6 Å². The highest BCUT2D eigenvalue weighted by Crippen LogP contribution is 2.29. The maximum Gasteiger partial charge on any atom is 0.308 e. The van der Waals surface area contributed by atoms with E-state index in [2.05, 4.69) is 22.6 Å². The number of carbonyl (C=O) groups excluding carboxylic acids is 1. The van der Waals surface area contributed by atoms with Crippen LogP contribution in [0.15, 0.2) is 10.2 Å². The predicted molar refractivity (Wildman–Crippen MR) is 82.1 cm³/mol. The average molecular weight is 382 g/mol. The second-order valence-electron chi connectivity index (χ2n) is 6.14. The molecule has 1 rings (SSSR count). The van der Waals surface area contributed by atoms with E-state index >= 15 is 0 Å². The van der Waals surface area contributed by atoms with E-state index in [-0.39, 0.29) is 24.6 Å². The van der Waals surface area contributed by atoms with E-state index in [0.29, 0.717) is 6.42 Å². The van der Waals surface area contributed by atoms with Gasteiger partial charge in [0.25, 0.3) is 0 Å². The van der Waals surface area contributed by atoms with Gasteiger partial charge in [-0.25, -0.2) is 0 Å². The molecule has 110 valence electrons. The summed E-state index contributed by atoms with van der Waals surface area (Å²) >= 11 is 2.16. The van der Waals surface area contributed by atoms with Crippen LogP contribution in [0, 0.1) is 0 Å². The van der Waals surface area contributed by atoms with Crippen LogP contribution < -0.4 is 0 Å². The van der Waals surface area contributed by atoms with E-state index < -0.39 is 11.4 Å². The van der Waals surface area contributed by atoms with Gasteiger partial charge in [-0.3, -0.25) is 4.79 Å². The highest BCUT2D eigenvalue weighted by molar-refractivity contribution is 14.1. The van der Waals surface area contributed by atoms with Gasteiger partial charge in [0.15, 0.2) is 5.79 Å². The van der Waals surface area contributed by atoms with Crippen molar-refractivity contribution in [2.75, 3.05) is 0 Å². The lowest BCUT2D eigenvalue weighted by Crippen LogP contribution is -2.45. The van der Waals surface area contributed by atoms with Crippen molar-refractivity contribution in [1.82, 2.24) is 0 Å². The molecular formula is C14H23IO4. The molecule has 0 bridgehead atoms. The lowest BCUT2D eigenvalue weighted by Gasteiger charge is -2.39. The fraction of sp³-hybridized carbons (Fsp3) is 0.786. The van der Waals surface area contributed by atoms with E-state index in [9.17, 15) is 4.79 Å². The molecule has 0 aliphatic carbocycles. The minimum Gasteiger partial charge on any atom is -0.460 e. The lowest BCUT2D eigenvalue weighted by molar-refractivity contribution is -0.290. The van der Waals surface area contributed by atoms with Crippen molar-refractivity contribution in [3.8, 4) is 0 Å². The standard InChI is InChI=1S/C14H23IO4/c1-13(2,3)19-12(16)9-11-8-10(6-7-15)17-14(4,5)18-11/h6-7,10-11H,8-9H2,1-5H3/b7-6+/t10-,11-/m1/s1. The topological polar surface area (TPSA) is 44.8 Å². The molecule has 1 aliphatic rings. The summed E-state index contributed by atoms with van der Waals surface area (Å²) in [5, 5.41) is 0. The first-order valence-corrected chi connectivity index (χ1v) is 7.70. The first kappa shape index (κ1) is 16.9. The summed E-state index contributed by atoms with van der Waals surface area (Å²) in [5.74, 6) is -0.904. The predicted octanol–water partition coefficient (Wildman–Crippen LogP) is 3.58. The zero-order chi connectivity index (χ0) is 14.7. The van der Waals surface area contributed by atoms with E-state index in [4.69, 9.17) is 14.2 Å². The van der Waals surface area contributed by atoms with E-state index in [1.807, 2.05) is 44.8 Å². The maximum absolute atomic E-state index is 11.8. The Morgan fingerprint density at radius 3 is 2.58 bits per heavy atom. The Hall–Kier alpha value is -0.140. The van der Waals surface area contributed by atoms with Crippen LogP contribution >= 0.6 is 22.6 Å². The summed E-state index contributed by atoms with van der Waals surface area (Å²) in [6.45, 7) is 9.31. The number of hydrogen-bond acceptors (Lipinski definition) is 4. The molecule has 1 saturated heterocycles. The summed E-state index contributed by atoms with van der Waals surface area (Å²) in [6, 6.07) is 0. The quantitative estimate of drug-likeness (QED) is 0.553. The van der Waals surface area contributed by atoms with Gasteiger partial charge >= 0.3 is 5.97 Å². The molecule has 19 heavy (non-hydrogen) atoms. The van der Waals surface area contributed by atoms with Crippen molar-refractivity contribution < 1.29 is 19.0 Å². The van der Waals surface area contributed by atoms with E-state index in [1.54, 1.807) is 0 Å². The van der Waals surface area contributed by atoms with Gasteiger partial charge in [-0.1, -0.05) is 22.6 Å². The van der Waals surface area contributed by atoms with Gasteiger partial charge in [0.1, 0.15) is 5.60 Å². The second kappa shape index (κ2) is 6.54. The Kier molecular flexibility index (Phi) is 5.82. The summed E-state index contributed by atoms with van der Waals surface area (Å²) in [4.78, 5) is 11.8. The fourth-order valence-corrected chi connectivity index (χ4v) is 2.51. The van der Waals surface area contributed by atoms with Crippen LogP contribution in [0.1, 0.15) is 47.5 Å². The van der Waals surface area contributed by atoms with Crippen molar-refractivity contribution in [3.63, 3.8) is 0 Å². The minimum absolute atomic E-state index is 0.0203. The molecule has 0 N–H and O–H groups in total. The van der Waals surface area contributed by atoms with Crippen molar-refractivity contribution in [3.05, 3.63) is 10.2 Å². The molecule has 1 heterocycles. The molecule has 0 aromatic heterocycles. The monoisotopic (exact) mass is 382 g/mol. The zero-order valence-corrected chi connectivity index (χ0v) is 14.4. The molecular weight excluding hydrogens is 359 g/mol. The molecule has 0 saturated carbocycles. The average Bonchev–Trinajstić information content (AvgIpc) is 2.10. The first-order chi connectivity index (χ1) is 8.61. The molecule has 0 radical (unpaired) electrons. The van der Waals surface area contributed by atoms with Crippen LogP contribution in [0.3, 0.4) is 0 Å². The first-order valence-electron chi connectivity index (χ1n) is 6.46. The van der Waals surface area contributed by atoms with E-state index in [0.717, 1.165) is 0 Å². The number of rotatable bonds is 3. The second-order valence-corrected chi connectivity index (χ2v) is 6.86. The molecule has 0 aromatic rings. The van der Waals surface area contributed by atoms with Gasteiger partial charge < -0.3 is 14.2 Å². The Bertz CT molecular complexity index is 344. The lowest BCUT2D eigenvalue weighted by atomic mass is 10.1. The molecule has 0 spiro atoms. The summed E-state index contributed by atoms with van der Waals surface area (Å²) in [7, 11) is 0. The Balaban J connectivity index is 2.59.